The van der Waals surface area contributed by atoms with E-state index in [9.17, 15) is 17.6 Å². The number of amides is 1. The summed E-state index contributed by atoms with van der Waals surface area (Å²) in [5.41, 5.74) is 0.551. The fraction of sp³-hybridized carbons (Fsp3) is 0.533. The van der Waals surface area contributed by atoms with Gasteiger partial charge in [-0.2, -0.15) is 8.42 Å². The van der Waals surface area contributed by atoms with Gasteiger partial charge in [0.2, 0.25) is 5.91 Å². The van der Waals surface area contributed by atoms with Crippen LogP contribution in [-0.4, -0.2) is 37.8 Å². The van der Waals surface area contributed by atoms with E-state index < -0.39 is 33.5 Å². The van der Waals surface area contributed by atoms with Crippen LogP contribution >= 0.6 is 11.6 Å². The van der Waals surface area contributed by atoms with Crippen molar-refractivity contribution >= 4 is 27.6 Å². The van der Waals surface area contributed by atoms with E-state index in [4.69, 9.17) is 20.9 Å². The molecule has 0 saturated carbocycles. The molecule has 0 spiro atoms. The lowest BCUT2D eigenvalue weighted by molar-refractivity contribution is -0.119. The largest absolute Gasteiger partial charge is 0.493 e. The molecule has 2 N–H and O–H groups in total. The third-order valence-corrected chi connectivity index (χ3v) is 5.10. The topological polar surface area (TPSA) is 92.7 Å². The number of halogens is 2. The Bertz CT molecular complexity index is 753. The Kier molecular flexibility index (Phi) is 5.72. The van der Waals surface area contributed by atoms with Crippen LogP contribution in [0.5, 0.6) is 5.75 Å². The quantitative estimate of drug-likeness (QED) is 0.741. The van der Waals surface area contributed by atoms with Crippen LogP contribution < -0.4 is 10.1 Å². The van der Waals surface area contributed by atoms with E-state index in [0.29, 0.717) is 5.56 Å². The van der Waals surface area contributed by atoms with Crippen LogP contribution in [0.15, 0.2) is 6.07 Å². The minimum atomic E-state index is -4.23. The predicted molar refractivity (Wildman–Crippen MR) is 87.8 cm³/mol. The number of carbonyl (C=O) groups is 1. The summed E-state index contributed by atoms with van der Waals surface area (Å²) in [5, 5.41) is 2.45. The average Bonchev–Trinajstić information content (AvgIpc) is 2.87. The van der Waals surface area contributed by atoms with Crippen LogP contribution in [0.2, 0.25) is 5.02 Å². The highest BCUT2D eigenvalue weighted by molar-refractivity contribution is 7.85. The molecule has 1 aliphatic heterocycles. The molecule has 0 aromatic heterocycles. The van der Waals surface area contributed by atoms with E-state index in [1.165, 1.54) is 6.07 Å². The van der Waals surface area contributed by atoms with Gasteiger partial charge in [0.15, 0.2) is 0 Å². The Hall–Kier alpha value is -1.38. The number of hydrogen-bond donors (Lipinski definition) is 2. The van der Waals surface area contributed by atoms with E-state index in [1.54, 1.807) is 13.8 Å². The highest BCUT2D eigenvalue weighted by Crippen LogP contribution is 2.42. The molecule has 6 nitrogen and oxygen atoms in total. The number of benzene rings is 1. The molecule has 1 aromatic carbocycles. The highest BCUT2D eigenvalue weighted by Gasteiger charge is 2.32. The van der Waals surface area contributed by atoms with Gasteiger partial charge in [-0.25, -0.2) is 4.39 Å². The summed E-state index contributed by atoms with van der Waals surface area (Å²) in [4.78, 5) is 11.5. The van der Waals surface area contributed by atoms with Gasteiger partial charge in [0.25, 0.3) is 10.1 Å². The van der Waals surface area contributed by atoms with Crippen molar-refractivity contribution < 1.29 is 26.9 Å². The molecule has 0 radical (unpaired) electrons. The van der Waals surface area contributed by atoms with Gasteiger partial charge in [-0.3, -0.25) is 9.35 Å². The Labute approximate surface area is 145 Å². The molecule has 24 heavy (non-hydrogen) atoms. The highest BCUT2D eigenvalue weighted by atomic mass is 35.5. The first-order chi connectivity index (χ1) is 11.1. The summed E-state index contributed by atoms with van der Waals surface area (Å²) in [5.74, 6) is -2.34. The zero-order valence-electron chi connectivity index (χ0n) is 13.3. The van der Waals surface area contributed by atoms with Gasteiger partial charge in [0.1, 0.15) is 11.6 Å². The van der Waals surface area contributed by atoms with E-state index in [1.807, 2.05) is 0 Å². The smallest absolute Gasteiger partial charge is 0.265 e. The zero-order chi connectivity index (χ0) is 18.1. The zero-order valence-corrected chi connectivity index (χ0v) is 14.9. The molecule has 1 fully saturated rings. The summed E-state index contributed by atoms with van der Waals surface area (Å²) in [6.45, 7) is 3.77. The molecular formula is C15H19ClFNO5S. The van der Waals surface area contributed by atoms with Crippen LogP contribution in [0.25, 0.3) is 0 Å². The molecule has 0 unspecified atom stereocenters. The monoisotopic (exact) mass is 379 g/mol. The molecule has 1 aliphatic rings. The molecule has 2 rings (SSSR count). The average molecular weight is 380 g/mol. The van der Waals surface area contributed by atoms with Crippen LogP contribution in [-0.2, 0) is 14.9 Å². The van der Waals surface area contributed by atoms with Crippen molar-refractivity contribution in [1.29, 1.82) is 0 Å². The maximum absolute atomic E-state index is 14.6. The maximum Gasteiger partial charge on any atom is 0.265 e. The third-order valence-electron chi connectivity index (χ3n) is 3.90. The normalized spacial score (nSPS) is 19.2. The lowest BCUT2D eigenvalue weighted by atomic mass is 9.91. The van der Waals surface area contributed by atoms with Gasteiger partial charge in [0.05, 0.1) is 17.4 Å². The first kappa shape index (κ1) is 19.0. The number of ether oxygens (including phenoxy) is 1. The minimum Gasteiger partial charge on any atom is -0.493 e. The molecule has 2 atom stereocenters. The fourth-order valence-electron chi connectivity index (χ4n) is 2.90. The van der Waals surface area contributed by atoms with E-state index in [2.05, 4.69) is 5.32 Å². The van der Waals surface area contributed by atoms with Crippen LogP contribution in [0, 0.1) is 5.82 Å². The second kappa shape index (κ2) is 7.25. The standard InChI is InChI=1S/C15H19ClFNO5S/c1-3-23-15-10(8(2)7-24(20,21)22)5-11(16)14(17)13(15)9-4-12(19)18-6-9/h5,8-9H,3-4,6-7H2,1-2H3,(H,18,19)(H,20,21,22)/t8-,9-/m0/s1. The second-order valence-electron chi connectivity index (χ2n) is 5.79. The van der Waals surface area contributed by atoms with Crippen molar-refractivity contribution in [3.05, 3.63) is 28.0 Å². The second-order valence-corrected chi connectivity index (χ2v) is 7.70. The summed E-state index contributed by atoms with van der Waals surface area (Å²) in [7, 11) is -4.23. The molecule has 1 heterocycles. The summed E-state index contributed by atoms with van der Waals surface area (Å²) in [6.07, 6.45) is 0.101. The predicted octanol–water partition coefficient (Wildman–Crippen LogP) is 2.47. The molecule has 9 heteroatoms. The molecule has 0 bridgehead atoms. The molecule has 1 amide bonds. The van der Waals surface area contributed by atoms with E-state index in [-0.39, 0.29) is 41.8 Å². The molecule has 1 saturated heterocycles. The van der Waals surface area contributed by atoms with Crippen LogP contribution in [0.1, 0.15) is 43.2 Å². The van der Waals surface area contributed by atoms with Gasteiger partial charge >= 0.3 is 0 Å². The fourth-order valence-corrected chi connectivity index (χ4v) is 3.93. The Morgan fingerprint density at radius 1 is 1.54 bits per heavy atom. The number of hydrogen-bond acceptors (Lipinski definition) is 4. The van der Waals surface area contributed by atoms with Gasteiger partial charge in [-0.05, 0) is 13.0 Å². The van der Waals surface area contributed by atoms with Gasteiger partial charge in [-0.1, -0.05) is 18.5 Å². The Morgan fingerprint density at radius 3 is 2.71 bits per heavy atom. The minimum absolute atomic E-state index is 0.101. The first-order valence-electron chi connectivity index (χ1n) is 7.50. The van der Waals surface area contributed by atoms with Gasteiger partial charge < -0.3 is 10.1 Å². The Balaban J connectivity index is 2.58. The summed E-state index contributed by atoms with van der Waals surface area (Å²) < 4.78 is 51.6. The van der Waals surface area contributed by atoms with Gasteiger partial charge in [-0.15, -0.1) is 0 Å². The van der Waals surface area contributed by atoms with Crippen molar-refractivity contribution in [2.45, 2.75) is 32.1 Å². The molecule has 1 aromatic rings. The summed E-state index contributed by atoms with van der Waals surface area (Å²) in [6, 6.07) is 1.31. The van der Waals surface area contributed by atoms with Crippen molar-refractivity contribution in [3.63, 3.8) is 0 Å². The van der Waals surface area contributed by atoms with Crippen molar-refractivity contribution in [2.24, 2.45) is 0 Å². The maximum atomic E-state index is 14.6. The first-order valence-corrected chi connectivity index (χ1v) is 9.49. The third kappa shape index (κ3) is 4.17. The van der Waals surface area contributed by atoms with Crippen LogP contribution in [0.4, 0.5) is 4.39 Å². The van der Waals surface area contributed by atoms with Gasteiger partial charge in [0, 0.05) is 35.9 Å². The Morgan fingerprint density at radius 2 is 2.21 bits per heavy atom. The lowest BCUT2D eigenvalue weighted by Gasteiger charge is -2.22. The molecule has 134 valence electrons. The molecule has 0 aliphatic carbocycles. The van der Waals surface area contributed by atoms with Crippen molar-refractivity contribution in [2.75, 3.05) is 18.9 Å². The van der Waals surface area contributed by atoms with E-state index in [0.717, 1.165) is 0 Å². The van der Waals surface area contributed by atoms with Crippen molar-refractivity contribution in [3.8, 4) is 5.75 Å². The molecular weight excluding hydrogens is 361 g/mol. The van der Waals surface area contributed by atoms with E-state index >= 15 is 0 Å². The summed E-state index contributed by atoms with van der Waals surface area (Å²) >= 11 is 5.97. The lowest BCUT2D eigenvalue weighted by Crippen LogP contribution is -2.16. The van der Waals surface area contributed by atoms with Crippen LogP contribution in [0.3, 0.4) is 0 Å². The SMILES string of the molecule is CCOc1c([C@@H](C)CS(=O)(=O)O)cc(Cl)c(F)c1[C@@H]1CNC(=O)C1. The number of rotatable bonds is 6. The number of nitrogens with one attached hydrogen (secondary N) is 1. The number of carbonyl (C=O) groups excluding carboxylic acids is 1. The van der Waals surface area contributed by atoms with Crippen molar-refractivity contribution in [1.82, 2.24) is 5.32 Å².